The van der Waals surface area contributed by atoms with Crippen molar-refractivity contribution in [2.75, 3.05) is 10.6 Å². The molecule has 2 N–H and O–H groups in total. The fourth-order valence-corrected chi connectivity index (χ4v) is 2.44. The van der Waals surface area contributed by atoms with Gasteiger partial charge in [-0.1, -0.05) is 24.3 Å². The quantitative estimate of drug-likeness (QED) is 0.640. The van der Waals surface area contributed by atoms with Gasteiger partial charge in [0.25, 0.3) is 5.91 Å². The Labute approximate surface area is 162 Å². The topological polar surface area (TPSA) is 76.1 Å². The average molecular weight is 380 g/mol. The molecule has 0 bridgehead atoms. The van der Waals surface area contributed by atoms with Crippen LogP contribution in [-0.4, -0.2) is 22.0 Å². The number of para-hydroxylation sites is 2. The van der Waals surface area contributed by atoms with Crippen molar-refractivity contribution >= 4 is 17.5 Å². The van der Waals surface area contributed by atoms with Crippen molar-refractivity contribution in [1.29, 1.82) is 0 Å². The lowest BCUT2D eigenvalue weighted by Gasteiger charge is -2.14. The number of rotatable bonds is 7. The summed E-state index contributed by atoms with van der Waals surface area (Å²) in [6.07, 6.45) is 2.88. The first-order valence-electron chi connectivity index (χ1n) is 8.88. The van der Waals surface area contributed by atoms with E-state index < -0.39 is 0 Å². The van der Waals surface area contributed by atoms with Gasteiger partial charge in [-0.15, -0.1) is 0 Å². The van der Waals surface area contributed by atoms with Crippen molar-refractivity contribution in [2.24, 2.45) is 0 Å². The van der Waals surface area contributed by atoms with E-state index in [-0.39, 0.29) is 17.8 Å². The fraction of sp³-hybridized carbons (Fsp3) is 0.190. The zero-order chi connectivity index (χ0) is 19.9. The number of hydrogen-bond donors (Lipinski definition) is 2. The Bertz CT molecular complexity index is 928. The summed E-state index contributed by atoms with van der Waals surface area (Å²) in [5, 5.41) is 5.85. The van der Waals surface area contributed by atoms with Crippen LogP contribution in [0.15, 0.2) is 60.9 Å². The molecule has 0 aliphatic rings. The Morgan fingerprint density at radius 2 is 1.75 bits per heavy atom. The first kappa shape index (κ1) is 19.3. The van der Waals surface area contributed by atoms with Gasteiger partial charge < -0.3 is 15.4 Å². The molecule has 2 aromatic carbocycles. The summed E-state index contributed by atoms with van der Waals surface area (Å²) in [5.41, 5.74) is 1.81. The molecule has 0 atom stereocenters. The van der Waals surface area contributed by atoms with Gasteiger partial charge in [-0.25, -0.2) is 14.4 Å². The second kappa shape index (κ2) is 8.94. The Balaban J connectivity index is 1.61. The predicted molar refractivity (Wildman–Crippen MR) is 106 cm³/mol. The first-order chi connectivity index (χ1) is 13.5. The van der Waals surface area contributed by atoms with E-state index in [2.05, 4.69) is 20.6 Å². The molecule has 1 aromatic heterocycles. The Hall–Kier alpha value is -3.48. The van der Waals surface area contributed by atoms with Crippen molar-refractivity contribution in [3.8, 4) is 5.75 Å². The predicted octanol–water partition coefficient (Wildman–Crippen LogP) is 4.27. The Kier molecular flexibility index (Phi) is 6.16. The molecule has 7 heteroatoms. The molecule has 0 aliphatic heterocycles. The largest absolute Gasteiger partial charge is 0.489 e. The van der Waals surface area contributed by atoms with Crippen molar-refractivity contribution in [1.82, 2.24) is 9.97 Å². The number of carbonyl (C=O) groups excluding carboxylic acids is 1. The van der Waals surface area contributed by atoms with Crippen LogP contribution in [0.25, 0.3) is 0 Å². The molecule has 0 unspecified atom stereocenters. The van der Waals surface area contributed by atoms with Crippen LogP contribution in [0.4, 0.5) is 16.0 Å². The molecule has 0 saturated carbocycles. The lowest BCUT2D eigenvalue weighted by atomic mass is 10.2. The highest BCUT2D eigenvalue weighted by Crippen LogP contribution is 2.25. The maximum Gasteiger partial charge on any atom is 0.258 e. The molecule has 3 rings (SSSR count). The van der Waals surface area contributed by atoms with E-state index in [0.717, 1.165) is 5.56 Å². The monoisotopic (exact) mass is 380 g/mol. The molecule has 0 saturated heterocycles. The van der Waals surface area contributed by atoms with Gasteiger partial charge >= 0.3 is 0 Å². The highest BCUT2D eigenvalue weighted by molar-refractivity contribution is 6.04. The van der Waals surface area contributed by atoms with Gasteiger partial charge in [0.15, 0.2) is 0 Å². The van der Waals surface area contributed by atoms with E-state index in [4.69, 9.17) is 4.74 Å². The van der Waals surface area contributed by atoms with Crippen LogP contribution >= 0.6 is 0 Å². The Morgan fingerprint density at radius 3 is 2.43 bits per heavy atom. The zero-order valence-electron chi connectivity index (χ0n) is 15.6. The van der Waals surface area contributed by atoms with E-state index in [1.54, 1.807) is 24.3 Å². The number of anilines is 2. The summed E-state index contributed by atoms with van der Waals surface area (Å²) < 4.78 is 18.6. The van der Waals surface area contributed by atoms with Gasteiger partial charge in [0.2, 0.25) is 5.95 Å². The molecule has 0 fully saturated rings. The van der Waals surface area contributed by atoms with Crippen LogP contribution < -0.4 is 15.4 Å². The molecule has 1 amide bonds. The minimum Gasteiger partial charge on any atom is -0.489 e. The molecule has 0 spiro atoms. The maximum atomic E-state index is 12.9. The number of carbonyl (C=O) groups is 1. The molecular formula is C21H21FN4O2. The normalized spacial score (nSPS) is 10.6. The second-order valence-electron chi connectivity index (χ2n) is 6.39. The van der Waals surface area contributed by atoms with E-state index in [1.807, 2.05) is 26.0 Å². The summed E-state index contributed by atoms with van der Waals surface area (Å²) >= 11 is 0. The third kappa shape index (κ3) is 5.26. The van der Waals surface area contributed by atoms with Gasteiger partial charge in [0.05, 0.1) is 17.4 Å². The van der Waals surface area contributed by atoms with Crippen molar-refractivity contribution in [2.45, 2.75) is 26.5 Å². The van der Waals surface area contributed by atoms with Crippen LogP contribution in [0, 0.1) is 5.82 Å². The molecule has 144 valence electrons. The fourth-order valence-electron chi connectivity index (χ4n) is 2.44. The van der Waals surface area contributed by atoms with E-state index in [0.29, 0.717) is 29.5 Å². The van der Waals surface area contributed by atoms with Gasteiger partial charge in [0.1, 0.15) is 11.6 Å². The van der Waals surface area contributed by atoms with Crippen LogP contribution in [0.5, 0.6) is 5.75 Å². The smallest absolute Gasteiger partial charge is 0.258 e. The van der Waals surface area contributed by atoms with Crippen molar-refractivity contribution < 1.29 is 13.9 Å². The third-order valence-corrected chi connectivity index (χ3v) is 3.78. The number of hydrogen-bond acceptors (Lipinski definition) is 5. The SMILES string of the molecule is CC(C)Oc1ccccc1NC(=O)c1cnc(NCc2ccc(F)cc2)nc1. The summed E-state index contributed by atoms with van der Waals surface area (Å²) in [7, 11) is 0. The lowest BCUT2D eigenvalue weighted by molar-refractivity contribution is 0.102. The standard InChI is InChI=1S/C21H21FN4O2/c1-14(2)28-19-6-4-3-5-18(19)26-20(27)16-12-24-21(25-13-16)23-11-15-7-9-17(22)10-8-15/h3-10,12-14H,11H2,1-2H3,(H,26,27)(H,23,24,25). The van der Waals surface area contributed by atoms with Crippen LogP contribution in [0.3, 0.4) is 0 Å². The van der Waals surface area contributed by atoms with Crippen LogP contribution in [-0.2, 0) is 6.54 Å². The minimum atomic E-state index is -0.329. The molecule has 1 heterocycles. The first-order valence-corrected chi connectivity index (χ1v) is 8.88. The summed E-state index contributed by atoms with van der Waals surface area (Å²) in [4.78, 5) is 20.8. The van der Waals surface area contributed by atoms with Gasteiger partial charge in [-0.05, 0) is 43.7 Å². The molecule has 3 aromatic rings. The molecule has 0 radical (unpaired) electrons. The summed E-state index contributed by atoms with van der Waals surface area (Å²) in [6.45, 7) is 4.29. The summed E-state index contributed by atoms with van der Waals surface area (Å²) in [6, 6.07) is 13.4. The van der Waals surface area contributed by atoms with E-state index in [1.165, 1.54) is 24.5 Å². The molecule has 28 heavy (non-hydrogen) atoms. The van der Waals surface area contributed by atoms with Gasteiger partial charge in [-0.2, -0.15) is 0 Å². The van der Waals surface area contributed by atoms with Crippen LogP contribution in [0.1, 0.15) is 29.8 Å². The highest BCUT2D eigenvalue weighted by atomic mass is 19.1. The third-order valence-electron chi connectivity index (χ3n) is 3.78. The number of nitrogens with one attached hydrogen (secondary N) is 2. The second-order valence-corrected chi connectivity index (χ2v) is 6.39. The molecule has 6 nitrogen and oxygen atoms in total. The molecular weight excluding hydrogens is 359 g/mol. The van der Waals surface area contributed by atoms with Crippen LogP contribution in [0.2, 0.25) is 0 Å². The number of benzene rings is 2. The molecule has 0 aliphatic carbocycles. The Morgan fingerprint density at radius 1 is 1.07 bits per heavy atom. The number of halogens is 1. The number of amides is 1. The zero-order valence-corrected chi connectivity index (χ0v) is 15.6. The van der Waals surface area contributed by atoms with Crippen molar-refractivity contribution in [3.63, 3.8) is 0 Å². The minimum absolute atomic E-state index is 0.00662. The number of aromatic nitrogens is 2. The number of nitrogens with zero attached hydrogens (tertiary/aromatic N) is 2. The van der Waals surface area contributed by atoms with E-state index in [9.17, 15) is 9.18 Å². The summed E-state index contributed by atoms with van der Waals surface area (Å²) in [5.74, 6) is 0.370. The average Bonchev–Trinajstić information content (AvgIpc) is 2.69. The van der Waals surface area contributed by atoms with Gasteiger partial charge in [-0.3, -0.25) is 4.79 Å². The highest BCUT2D eigenvalue weighted by Gasteiger charge is 2.11. The van der Waals surface area contributed by atoms with Gasteiger partial charge in [0, 0.05) is 18.9 Å². The maximum absolute atomic E-state index is 12.9. The van der Waals surface area contributed by atoms with Crippen molar-refractivity contribution in [3.05, 3.63) is 77.9 Å². The lowest BCUT2D eigenvalue weighted by Crippen LogP contribution is -2.15. The van der Waals surface area contributed by atoms with E-state index >= 15 is 0 Å². The number of ether oxygens (including phenoxy) is 1.